The highest BCUT2D eigenvalue weighted by Crippen LogP contribution is 2.37. The van der Waals surface area contributed by atoms with E-state index in [1.807, 2.05) is 38.1 Å². The maximum absolute atomic E-state index is 9.83. The molecule has 2 aromatic carbocycles. The number of halogens is 1. The molecular formula is C16H18BrNO3. The summed E-state index contributed by atoms with van der Waals surface area (Å²) in [6.45, 7) is 4.43. The molecule has 2 rings (SSSR count). The second kappa shape index (κ2) is 5.95. The Morgan fingerprint density at radius 1 is 0.952 bits per heavy atom. The molecule has 5 heteroatoms. The zero-order valence-electron chi connectivity index (χ0n) is 11.9. The van der Waals surface area contributed by atoms with Crippen LogP contribution in [0.3, 0.4) is 0 Å². The normalized spacial score (nSPS) is 11.6. The van der Waals surface area contributed by atoms with E-state index in [2.05, 4.69) is 21.2 Å². The summed E-state index contributed by atoms with van der Waals surface area (Å²) >= 11 is 3.41. The van der Waals surface area contributed by atoms with Crippen molar-refractivity contribution in [3.05, 3.63) is 52.0 Å². The summed E-state index contributed by atoms with van der Waals surface area (Å²) in [6, 6.07) is 10.9. The largest absolute Gasteiger partial charge is 0.504 e. The molecule has 4 N–H and O–H groups in total. The van der Waals surface area contributed by atoms with Gasteiger partial charge < -0.3 is 20.6 Å². The fraction of sp³-hybridized carbons (Fsp3) is 0.250. The predicted molar refractivity (Wildman–Crippen MR) is 85.4 cm³/mol. The second-order valence-electron chi connectivity index (χ2n) is 5.43. The third-order valence-corrected chi connectivity index (χ3v) is 4.03. The van der Waals surface area contributed by atoms with Crippen LogP contribution in [0.2, 0.25) is 0 Å². The van der Waals surface area contributed by atoms with Crippen LogP contribution in [-0.4, -0.2) is 15.3 Å². The molecule has 4 nitrogen and oxygen atoms in total. The summed E-state index contributed by atoms with van der Waals surface area (Å²) in [5, 5.41) is 32.0. The summed E-state index contributed by atoms with van der Waals surface area (Å²) in [5.74, 6) is -1.12. The van der Waals surface area contributed by atoms with Crippen molar-refractivity contribution in [3.8, 4) is 17.2 Å². The van der Waals surface area contributed by atoms with Gasteiger partial charge in [0.15, 0.2) is 11.5 Å². The number of phenols is 3. The van der Waals surface area contributed by atoms with Gasteiger partial charge in [-0.1, -0.05) is 34.1 Å². The summed E-state index contributed by atoms with van der Waals surface area (Å²) < 4.78 is 1.02. The molecule has 112 valence electrons. The van der Waals surface area contributed by atoms with Crippen molar-refractivity contribution >= 4 is 15.9 Å². The highest BCUT2D eigenvalue weighted by Gasteiger charge is 2.21. The molecule has 0 aliphatic rings. The van der Waals surface area contributed by atoms with Gasteiger partial charge in [0.1, 0.15) is 0 Å². The van der Waals surface area contributed by atoms with Crippen LogP contribution in [0, 0.1) is 0 Å². The van der Waals surface area contributed by atoms with Crippen LogP contribution in [0.25, 0.3) is 0 Å². The first-order valence-corrected chi connectivity index (χ1v) is 7.34. The van der Waals surface area contributed by atoms with E-state index in [9.17, 15) is 15.3 Å². The van der Waals surface area contributed by atoms with Gasteiger partial charge in [-0.25, -0.2) is 0 Å². The number of rotatable bonds is 4. The number of phenolic OH excluding ortho intramolecular Hbond substituents is 3. The van der Waals surface area contributed by atoms with E-state index < -0.39 is 5.75 Å². The molecule has 0 heterocycles. The number of nitrogens with one attached hydrogen (secondary N) is 1. The maximum Gasteiger partial charge on any atom is 0.200 e. The SMILES string of the molecule is CC(C)(NCc1ccc(O)c(O)c1O)c1ccc(Br)cc1. The Bertz CT molecular complexity index is 639. The first-order chi connectivity index (χ1) is 9.81. The molecule has 0 bridgehead atoms. The van der Waals surface area contributed by atoms with Gasteiger partial charge in [-0.15, -0.1) is 0 Å². The second-order valence-corrected chi connectivity index (χ2v) is 6.34. The van der Waals surface area contributed by atoms with Gasteiger partial charge in [-0.05, 0) is 37.6 Å². The Hall–Kier alpha value is -1.72. The van der Waals surface area contributed by atoms with Gasteiger partial charge in [0, 0.05) is 22.1 Å². The van der Waals surface area contributed by atoms with Crippen molar-refractivity contribution < 1.29 is 15.3 Å². The van der Waals surface area contributed by atoms with Crippen molar-refractivity contribution in [2.24, 2.45) is 0 Å². The van der Waals surface area contributed by atoms with Gasteiger partial charge in [0.2, 0.25) is 5.75 Å². The third kappa shape index (κ3) is 3.49. The molecule has 0 aliphatic heterocycles. The minimum atomic E-state index is -0.490. The number of benzene rings is 2. The van der Waals surface area contributed by atoms with E-state index in [-0.39, 0.29) is 17.0 Å². The van der Waals surface area contributed by atoms with Gasteiger partial charge >= 0.3 is 0 Å². The zero-order chi connectivity index (χ0) is 15.6. The quantitative estimate of drug-likeness (QED) is 0.635. The summed E-state index contributed by atoms with van der Waals surface area (Å²) in [5.41, 5.74) is 1.32. The van der Waals surface area contributed by atoms with Crippen LogP contribution in [0.1, 0.15) is 25.0 Å². The van der Waals surface area contributed by atoms with Gasteiger partial charge in [-0.3, -0.25) is 0 Å². The molecule has 0 saturated carbocycles. The van der Waals surface area contributed by atoms with E-state index in [1.165, 1.54) is 6.07 Å². The Labute approximate surface area is 132 Å². The molecule has 0 aliphatic carbocycles. The van der Waals surface area contributed by atoms with Crippen molar-refractivity contribution in [2.45, 2.75) is 25.9 Å². The average molecular weight is 352 g/mol. The van der Waals surface area contributed by atoms with Crippen molar-refractivity contribution in [2.75, 3.05) is 0 Å². The molecule has 21 heavy (non-hydrogen) atoms. The fourth-order valence-electron chi connectivity index (χ4n) is 2.04. The zero-order valence-corrected chi connectivity index (χ0v) is 13.5. The molecule has 0 amide bonds. The third-order valence-electron chi connectivity index (χ3n) is 3.50. The molecule has 0 unspecified atom stereocenters. The lowest BCUT2D eigenvalue weighted by atomic mass is 9.94. The first kappa shape index (κ1) is 15.7. The minimum absolute atomic E-state index is 0.297. The summed E-state index contributed by atoms with van der Waals surface area (Å²) in [4.78, 5) is 0. The standard InChI is InChI=1S/C16H18BrNO3/c1-16(2,11-4-6-12(17)7-5-11)18-9-10-3-8-13(19)15(21)14(10)20/h3-8,18-21H,9H2,1-2H3. The topological polar surface area (TPSA) is 72.7 Å². The van der Waals surface area contributed by atoms with E-state index in [0.717, 1.165) is 10.0 Å². The van der Waals surface area contributed by atoms with E-state index in [1.54, 1.807) is 6.07 Å². The molecule has 0 fully saturated rings. The van der Waals surface area contributed by atoms with Crippen LogP contribution in [0.15, 0.2) is 40.9 Å². The molecule has 0 aromatic heterocycles. The van der Waals surface area contributed by atoms with Crippen LogP contribution >= 0.6 is 15.9 Å². The number of hydrogen-bond donors (Lipinski definition) is 4. The molecule has 0 radical (unpaired) electrons. The monoisotopic (exact) mass is 351 g/mol. The lowest BCUT2D eigenvalue weighted by Crippen LogP contribution is -2.35. The van der Waals surface area contributed by atoms with Crippen LogP contribution in [0.4, 0.5) is 0 Å². The van der Waals surface area contributed by atoms with Crippen molar-refractivity contribution in [1.82, 2.24) is 5.32 Å². The van der Waals surface area contributed by atoms with Gasteiger partial charge in [-0.2, -0.15) is 0 Å². The number of aromatic hydroxyl groups is 3. The smallest absolute Gasteiger partial charge is 0.200 e. The lowest BCUT2D eigenvalue weighted by molar-refractivity contribution is 0.357. The molecule has 0 atom stereocenters. The van der Waals surface area contributed by atoms with Crippen molar-refractivity contribution in [1.29, 1.82) is 0 Å². The maximum atomic E-state index is 9.83. The first-order valence-electron chi connectivity index (χ1n) is 6.55. The van der Waals surface area contributed by atoms with Crippen molar-refractivity contribution in [3.63, 3.8) is 0 Å². The van der Waals surface area contributed by atoms with E-state index in [4.69, 9.17) is 0 Å². The van der Waals surface area contributed by atoms with E-state index >= 15 is 0 Å². The molecule has 0 spiro atoms. The molecule has 2 aromatic rings. The van der Waals surface area contributed by atoms with Crippen LogP contribution in [-0.2, 0) is 12.1 Å². The van der Waals surface area contributed by atoms with Gasteiger partial charge in [0.05, 0.1) is 0 Å². The molecule has 0 saturated heterocycles. The molecular weight excluding hydrogens is 334 g/mol. The number of hydrogen-bond acceptors (Lipinski definition) is 4. The fourth-order valence-corrected chi connectivity index (χ4v) is 2.30. The van der Waals surface area contributed by atoms with Crippen LogP contribution < -0.4 is 5.32 Å². The summed E-state index contributed by atoms with van der Waals surface area (Å²) in [6.07, 6.45) is 0. The Balaban J connectivity index is 2.15. The van der Waals surface area contributed by atoms with Gasteiger partial charge in [0.25, 0.3) is 0 Å². The predicted octanol–water partition coefficient (Wildman–Crippen LogP) is 3.59. The minimum Gasteiger partial charge on any atom is -0.504 e. The highest BCUT2D eigenvalue weighted by atomic mass is 79.9. The average Bonchev–Trinajstić information content (AvgIpc) is 2.44. The Morgan fingerprint density at radius 2 is 1.57 bits per heavy atom. The van der Waals surface area contributed by atoms with Crippen LogP contribution in [0.5, 0.6) is 17.2 Å². The van der Waals surface area contributed by atoms with E-state index in [0.29, 0.717) is 12.1 Å². The Kier molecular flexibility index (Phi) is 4.44. The summed E-state index contributed by atoms with van der Waals surface area (Å²) in [7, 11) is 0. The highest BCUT2D eigenvalue weighted by molar-refractivity contribution is 9.10. The lowest BCUT2D eigenvalue weighted by Gasteiger charge is -2.27. The Morgan fingerprint density at radius 3 is 2.19 bits per heavy atom.